The van der Waals surface area contributed by atoms with Crippen molar-refractivity contribution in [1.82, 2.24) is 5.16 Å². The van der Waals surface area contributed by atoms with E-state index in [2.05, 4.69) is 15.0 Å². The number of aromatic nitrogens is 1. The molecule has 5 nitrogen and oxygen atoms in total. The Bertz CT molecular complexity index is 494. The fourth-order valence-corrected chi connectivity index (χ4v) is 1.44. The van der Waals surface area contributed by atoms with Gasteiger partial charge in [-0.2, -0.15) is 0 Å². The number of amides is 1. The average Bonchev–Trinajstić information content (AvgIpc) is 2.82. The summed E-state index contributed by atoms with van der Waals surface area (Å²) in [6.45, 7) is 0. The van der Waals surface area contributed by atoms with Crippen molar-refractivity contribution >= 4 is 11.6 Å². The third kappa shape index (κ3) is 2.84. The summed E-state index contributed by atoms with van der Waals surface area (Å²) in [5.74, 6) is 0.462. The van der Waals surface area contributed by atoms with Gasteiger partial charge in [0.25, 0.3) is 0 Å². The van der Waals surface area contributed by atoms with Crippen LogP contribution in [0.3, 0.4) is 0 Å². The summed E-state index contributed by atoms with van der Waals surface area (Å²) in [4.78, 5) is 11.7. The molecule has 0 fully saturated rings. The summed E-state index contributed by atoms with van der Waals surface area (Å²) in [7, 11) is 1.56. The Morgan fingerprint density at radius 2 is 2.24 bits per heavy atom. The van der Waals surface area contributed by atoms with Gasteiger partial charge >= 0.3 is 0 Å². The summed E-state index contributed by atoms with van der Waals surface area (Å²) in [6.07, 6.45) is 1.61. The molecule has 0 saturated heterocycles. The van der Waals surface area contributed by atoms with Crippen molar-refractivity contribution < 1.29 is 14.1 Å². The van der Waals surface area contributed by atoms with Gasteiger partial charge in [0.05, 0.1) is 24.9 Å². The van der Waals surface area contributed by atoms with Gasteiger partial charge < -0.3 is 14.6 Å². The minimum Gasteiger partial charge on any atom is -0.495 e. The number of rotatable bonds is 4. The van der Waals surface area contributed by atoms with Crippen molar-refractivity contribution in [2.45, 2.75) is 6.42 Å². The van der Waals surface area contributed by atoms with E-state index in [9.17, 15) is 4.79 Å². The molecule has 1 heterocycles. The fourth-order valence-electron chi connectivity index (χ4n) is 1.44. The van der Waals surface area contributed by atoms with E-state index in [4.69, 9.17) is 4.74 Å². The number of benzene rings is 1. The third-order valence-corrected chi connectivity index (χ3v) is 2.21. The number of nitrogens with one attached hydrogen (secondary N) is 1. The number of methoxy groups -OCH3 is 1. The van der Waals surface area contributed by atoms with Crippen LogP contribution in [-0.4, -0.2) is 18.2 Å². The summed E-state index contributed by atoms with van der Waals surface area (Å²) in [6, 6.07) is 8.88. The second kappa shape index (κ2) is 5.16. The van der Waals surface area contributed by atoms with Crippen LogP contribution in [0.4, 0.5) is 5.69 Å². The molecule has 0 atom stereocenters. The Hall–Kier alpha value is -2.30. The van der Waals surface area contributed by atoms with Gasteiger partial charge in [-0.15, -0.1) is 0 Å². The van der Waals surface area contributed by atoms with Crippen LogP contribution in [0.15, 0.2) is 41.1 Å². The van der Waals surface area contributed by atoms with Crippen LogP contribution in [0.25, 0.3) is 0 Å². The predicted octanol–water partition coefficient (Wildman–Crippen LogP) is 1.86. The van der Waals surface area contributed by atoms with E-state index in [1.165, 1.54) is 6.26 Å². The second-order valence-electron chi connectivity index (χ2n) is 3.42. The monoisotopic (exact) mass is 232 g/mol. The molecule has 0 aliphatic rings. The Morgan fingerprint density at radius 3 is 2.94 bits per heavy atom. The molecule has 0 saturated carbocycles. The molecule has 2 aromatic rings. The number of carbonyl (C=O) groups is 1. The van der Waals surface area contributed by atoms with E-state index in [1.54, 1.807) is 25.3 Å². The van der Waals surface area contributed by atoms with Crippen molar-refractivity contribution in [3.05, 3.63) is 42.3 Å². The lowest BCUT2D eigenvalue weighted by Crippen LogP contribution is -2.15. The minimum absolute atomic E-state index is 0.164. The van der Waals surface area contributed by atoms with Crippen LogP contribution in [0, 0.1) is 0 Å². The van der Waals surface area contributed by atoms with Gasteiger partial charge in [-0.05, 0) is 12.1 Å². The molecule has 17 heavy (non-hydrogen) atoms. The largest absolute Gasteiger partial charge is 0.495 e. The van der Waals surface area contributed by atoms with Gasteiger partial charge in [-0.25, -0.2) is 0 Å². The lowest BCUT2D eigenvalue weighted by atomic mass is 10.2. The standard InChI is InChI=1S/C12H12N2O3/c1-16-11-5-3-2-4-10(11)13-12(15)8-9-6-7-17-14-9/h2-7H,8H2,1H3,(H,13,15). The molecule has 1 amide bonds. The molecule has 0 aliphatic heterocycles. The first-order valence-electron chi connectivity index (χ1n) is 5.11. The lowest BCUT2D eigenvalue weighted by molar-refractivity contribution is -0.115. The van der Waals surface area contributed by atoms with Crippen LogP contribution in [0.5, 0.6) is 5.75 Å². The summed E-state index contributed by atoms with van der Waals surface area (Å²) in [5.41, 5.74) is 1.24. The molecular formula is C12H12N2O3. The van der Waals surface area contributed by atoms with E-state index in [-0.39, 0.29) is 12.3 Å². The molecule has 0 radical (unpaired) electrons. The van der Waals surface area contributed by atoms with Gasteiger partial charge in [0.2, 0.25) is 5.91 Å². The highest BCUT2D eigenvalue weighted by atomic mass is 16.5. The maximum Gasteiger partial charge on any atom is 0.230 e. The summed E-state index contributed by atoms with van der Waals surface area (Å²) < 4.78 is 9.79. The zero-order valence-corrected chi connectivity index (χ0v) is 9.34. The molecule has 0 spiro atoms. The van der Waals surface area contributed by atoms with Gasteiger partial charge in [0.15, 0.2) is 0 Å². The highest BCUT2D eigenvalue weighted by Gasteiger charge is 2.09. The number of hydrogen-bond donors (Lipinski definition) is 1. The van der Waals surface area contributed by atoms with E-state index >= 15 is 0 Å². The number of ether oxygens (including phenoxy) is 1. The zero-order chi connectivity index (χ0) is 12.1. The van der Waals surface area contributed by atoms with E-state index < -0.39 is 0 Å². The minimum atomic E-state index is -0.164. The molecule has 0 aliphatic carbocycles. The number of hydrogen-bond acceptors (Lipinski definition) is 4. The topological polar surface area (TPSA) is 64.4 Å². The van der Waals surface area contributed by atoms with Crippen LogP contribution in [-0.2, 0) is 11.2 Å². The number of anilines is 1. The first kappa shape index (κ1) is 11.2. The predicted molar refractivity (Wildman–Crippen MR) is 61.8 cm³/mol. The molecule has 2 rings (SSSR count). The highest BCUT2D eigenvalue weighted by Crippen LogP contribution is 2.22. The molecule has 1 aromatic heterocycles. The van der Waals surface area contributed by atoms with Crippen molar-refractivity contribution in [3.8, 4) is 5.75 Å². The summed E-state index contributed by atoms with van der Waals surface area (Å²) >= 11 is 0. The normalized spacial score (nSPS) is 9.94. The maximum absolute atomic E-state index is 11.7. The number of carbonyl (C=O) groups excluding carboxylic acids is 1. The molecule has 0 bridgehead atoms. The van der Waals surface area contributed by atoms with Gasteiger partial charge in [-0.1, -0.05) is 17.3 Å². The molecule has 0 unspecified atom stereocenters. The van der Waals surface area contributed by atoms with Crippen molar-refractivity contribution in [2.24, 2.45) is 0 Å². The van der Waals surface area contributed by atoms with Gasteiger partial charge in [-0.3, -0.25) is 4.79 Å². The Balaban J connectivity index is 2.03. The molecular weight excluding hydrogens is 220 g/mol. The quantitative estimate of drug-likeness (QED) is 0.873. The third-order valence-electron chi connectivity index (χ3n) is 2.21. The van der Waals surface area contributed by atoms with Crippen molar-refractivity contribution in [3.63, 3.8) is 0 Å². The molecule has 5 heteroatoms. The SMILES string of the molecule is COc1ccccc1NC(=O)Cc1ccon1. The van der Waals surface area contributed by atoms with E-state index in [0.717, 1.165) is 0 Å². The highest BCUT2D eigenvalue weighted by molar-refractivity contribution is 5.93. The van der Waals surface area contributed by atoms with Crippen LogP contribution in [0.1, 0.15) is 5.69 Å². The molecule has 88 valence electrons. The van der Waals surface area contributed by atoms with Crippen molar-refractivity contribution in [2.75, 3.05) is 12.4 Å². The maximum atomic E-state index is 11.7. The van der Waals surface area contributed by atoms with Gasteiger partial charge in [0, 0.05) is 6.07 Å². The van der Waals surface area contributed by atoms with Gasteiger partial charge in [0.1, 0.15) is 12.0 Å². The first-order valence-corrected chi connectivity index (χ1v) is 5.11. The molecule has 1 aromatic carbocycles. The summed E-state index contributed by atoms with van der Waals surface area (Å²) in [5, 5.41) is 6.43. The Morgan fingerprint density at radius 1 is 1.41 bits per heavy atom. The van der Waals surface area contributed by atoms with Crippen LogP contribution < -0.4 is 10.1 Å². The Labute approximate surface area is 98.4 Å². The number of para-hydroxylation sites is 2. The lowest BCUT2D eigenvalue weighted by Gasteiger charge is -2.08. The van der Waals surface area contributed by atoms with E-state index in [1.807, 2.05) is 12.1 Å². The van der Waals surface area contributed by atoms with Crippen molar-refractivity contribution in [1.29, 1.82) is 0 Å². The second-order valence-corrected chi connectivity index (χ2v) is 3.42. The smallest absolute Gasteiger partial charge is 0.230 e. The van der Waals surface area contributed by atoms with Crippen LogP contribution in [0.2, 0.25) is 0 Å². The fraction of sp³-hybridized carbons (Fsp3) is 0.167. The number of nitrogens with zero attached hydrogens (tertiary/aromatic N) is 1. The Kier molecular flexibility index (Phi) is 3.40. The van der Waals surface area contributed by atoms with E-state index in [0.29, 0.717) is 17.1 Å². The van der Waals surface area contributed by atoms with Crippen LogP contribution >= 0.6 is 0 Å². The molecule has 1 N–H and O–H groups in total. The first-order chi connectivity index (χ1) is 8.29. The average molecular weight is 232 g/mol. The zero-order valence-electron chi connectivity index (χ0n) is 9.34.